The van der Waals surface area contributed by atoms with Gasteiger partial charge in [-0.2, -0.15) is 0 Å². The van der Waals surface area contributed by atoms with Crippen molar-refractivity contribution in [1.82, 2.24) is 25.1 Å². The highest BCUT2D eigenvalue weighted by Gasteiger charge is 2.24. The lowest BCUT2D eigenvalue weighted by Crippen LogP contribution is -2.35. The number of rotatable bonds is 4. The monoisotopic (exact) mass is 365 g/mol. The average molecular weight is 365 g/mol. The zero-order chi connectivity index (χ0) is 18.8. The maximum Gasteiger partial charge on any atom is 0.273 e. The first-order valence-corrected chi connectivity index (χ1v) is 9.30. The highest BCUT2D eigenvalue weighted by molar-refractivity contribution is 5.93. The van der Waals surface area contributed by atoms with Crippen LogP contribution in [-0.2, 0) is 19.4 Å². The smallest absolute Gasteiger partial charge is 0.273 e. The van der Waals surface area contributed by atoms with Crippen LogP contribution in [0.2, 0.25) is 0 Å². The van der Waals surface area contributed by atoms with Gasteiger partial charge in [0.25, 0.3) is 5.91 Å². The molecule has 1 atom stereocenters. The van der Waals surface area contributed by atoms with Gasteiger partial charge in [0.2, 0.25) is 0 Å². The second-order valence-corrected chi connectivity index (χ2v) is 6.98. The van der Waals surface area contributed by atoms with Gasteiger partial charge in [0.1, 0.15) is 17.4 Å². The summed E-state index contributed by atoms with van der Waals surface area (Å²) in [5, 5.41) is 11.9. The number of aromatic nitrogens is 4. The van der Waals surface area contributed by atoms with Gasteiger partial charge >= 0.3 is 0 Å². The summed E-state index contributed by atoms with van der Waals surface area (Å²) in [6.45, 7) is 4.31. The molecule has 1 aromatic carbocycles. The normalized spacial score (nSPS) is 16.6. The fraction of sp³-hybridized carbons (Fsp3) is 0.400. The van der Waals surface area contributed by atoms with Crippen LogP contribution in [0, 0.1) is 13.8 Å². The quantitative estimate of drug-likeness (QED) is 0.768. The van der Waals surface area contributed by atoms with Gasteiger partial charge in [-0.1, -0.05) is 30.3 Å². The van der Waals surface area contributed by atoms with Gasteiger partial charge < -0.3 is 14.3 Å². The summed E-state index contributed by atoms with van der Waals surface area (Å²) in [6, 6.07) is 10.4. The van der Waals surface area contributed by atoms with Crippen molar-refractivity contribution in [2.75, 3.05) is 0 Å². The number of carbonyl (C=O) groups is 1. The van der Waals surface area contributed by atoms with E-state index in [9.17, 15) is 4.79 Å². The zero-order valence-electron chi connectivity index (χ0n) is 15.6. The summed E-state index contributed by atoms with van der Waals surface area (Å²) < 4.78 is 7.56. The summed E-state index contributed by atoms with van der Waals surface area (Å²) >= 11 is 0. The second kappa shape index (κ2) is 7.34. The van der Waals surface area contributed by atoms with Crippen molar-refractivity contribution in [3.05, 3.63) is 64.9 Å². The molecule has 3 heterocycles. The number of fused-ring (bicyclic) bond motifs is 1. The number of carbonyl (C=O) groups excluding carboxylic acids is 1. The molecule has 0 aliphatic carbocycles. The van der Waals surface area contributed by atoms with Gasteiger partial charge in [0.05, 0.1) is 0 Å². The molecule has 1 aliphatic heterocycles. The minimum Gasteiger partial charge on any atom is -0.445 e. The number of nitrogens with one attached hydrogen (secondary N) is 1. The van der Waals surface area contributed by atoms with Gasteiger partial charge in [-0.3, -0.25) is 4.79 Å². The molecule has 2 aromatic heterocycles. The van der Waals surface area contributed by atoms with E-state index in [1.165, 1.54) is 5.56 Å². The molecule has 1 N–H and O–H groups in total. The molecule has 7 heteroatoms. The third-order valence-electron chi connectivity index (χ3n) is 4.98. The molecule has 0 spiro atoms. The summed E-state index contributed by atoms with van der Waals surface area (Å²) in [4.78, 5) is 16.7. The van der Waals surface area contributed by atoms with Crippen LogP contribution < -0.4 is 5.32 Å². The van der Waals surface area contributed by atoms with Gasteiger partial charge in [-0.05, 0) is 25.3 Å². The summed E-state index contributed by atoms with van der Waals surface area (Å²) in [6.07, 6.45) is 3.24. The molecule has 0 saturated heterocycles. The minimum absolute atomic E-state index is 0.0835. The van der Waals surface area contributed by atoms with E-state index >= 15 is 0 Å². The van der Waals surface area contributed by atoms with Gasteiger partial charge in [0, 0.05) is 32.4 Å². The predicted molar refractivity (Wildman–Crippen MR) is 99.4 cm³/mol. The molecule has 4 rings (SSSR count). The largest absolute Gasteiger partial charge is 0.445 e. The Bertz CT molecular complexity index is 945. The Morgan fingerprint density at radius 1 is 1.22 bits per heavy atom. The first-order chi connectivity index (χ1) is 13.1. The molecule has 1 amide bonds. The SMILES string of the molecule is Cc1nc(C(=O)NC2CCc3nnc(Cc4ccccc4)n3CC2)c(C)o1. The molecule has 27 heavy (non-hydrogen) atoms. The number of amides is 1. The van der Waals surface area contributed by atoms with Crippen LogP contribution in [0.5, 0.6) is 0 Å². The van der Waals surface area contributed by atoms with E-state index in [1.807, 2.05) is 18.2 Å². The number of benzene rings is 1. The topological polar surface area (TPSA) is 85.8 Å². The molecule has 1 unspecified atom stereocenters. The van der Waals surface area contributed by atoms with E-state index < -0.39 is 0 Å². The third kappa shape index (κ3) is 3.77. The van der Waals surface area contributed by atoms with E-state index in [4.69, 9.17) is 4.42 Å². The maximum atomic E-state index is 12.5. The Balaban J connectivity index is 1.43. The van der Waals surface area contributed by atoms with Crippen LogP contribution in [0.25, 0.3) is 0 Å². The molecular formula is C20H23N5O2. The standard InChI is InChI=1S/C20H23N5O2/c1-13-19(21-14(2)27-13)20(26)22-16-8-9-17-23-24-18(25(17)11-10-16)12-15-6-4-3-5-7-15/h3-7,16H,8-12H2,1-2H3,(H,22,26). The predicted octanol–water partition coefficient (Wildman–Crippen LogP) is 2.61. The van der Waals surface area contributed by atoms with Crippen molar-refractivity contribution in [3.63, 3.8) is 0 Å². The highest BCUT2D eigenvalue weighted by atomic mass is 16.4. The van der Waals surface area contributed by atoms with Crippen LogP contribution in [0.15, 0.2) is 34.7 Å². The van der Waals surface area contributed by atoms with E-state index in [2.05, 4.69) is 37.2 Å². The maximum absolute atomic E-state index is 12.5. The van der Waals surface area contributed by atoms with Gasteiger partial charge in [-0.25, -0.2) is 4.98 Å². The number of hydrogen-bond donors (Lipinski definition) is 1. The Hall–Kier alpha value is -2.96. The summed E-state index contributed by atoms with van der Waals surface area (Å²) in [5.41, 5.74) is 1.60. The summed E-state index contributed by atoms with van der Waals surface area (Å²) in [7, 11) is 0. The fourth-order valence-corrected chi connectivity index (χ4v) is 3.59. The Morgan fingerprint density at radius 2 is 2.04 bits per heavy atom. The van der Waals surface area contributed by atoms with Crippen molar-refractivity contribution in [2.45, 2.75) is 52.1 Å². The summed E-state index contributed by atoms with van der Waals surface area (Å²) in [5.74, 6) is 2.87. The van der Waals surface area contributed by atoms with Crippen molar-refractivity contribution >= 4 is 5.91 Å². The zero-order valence-corrected chi connectivity index (χ0v) is 15.6. The molecule has 140 valence electrons. The Morgan fingerprint density at radius 3 is 2.78 bits per heavy atom. The van der Waals surface area contributed by atoms with E-state index in [1.54, 1.807) is 13.8 Å². The van der Waals surface area contributed by atoms with E-state index in [0.29, 0.717) is 17.3 Å². The lowest BCUT2D eigenvalue weighted by Gasteiger charge is -2.15. The van der Waals surface area contributed by atoms with Crippen molar-refractivity contribution < 1.29 is 9.21 Å². The fourth-order valence-electron chi connectivity index (χ4n) is 3.59. The number of hydrogen-bond acceptors (Lipinski definition) is 5. The minimum atomic E-state index is -0.170. The Labute approximate surface area is 157 Å². The number of nitrogens with zero attached hydrogens (tertiary/aromatic N) is 4. The molecule has 0 fully saturated rings. The molecule has 0 radical (unpaired) electrons. The molecule has 7 nitrogen and oxygen atoms in total. The molecule has 0 saturated carbocycles. The van der Waals surface area contributed by atoms with Crippen molar-refractivity contribution in [3.8, 4) is 0 Å². The molecular weight excluding hydrogens is 342 g/mol. The first kappa shape index (κ1) is 17.5. The molecule has 3 aromatic rings. The van der Waals surface area contributed by atoms with E-state index in [-0.39, 0.29) is 11.9 Å². The van der Waals surface area contributed by atoms with Crippen molar-refractivity contribution in [2.24, 2.45) is 0 Å². The molecule has 0 bridgehead atoms. The number of aryl methyl sites for hydroxylation is 3. The van der Waals surface area contributed by atoms with E-state index in [0.717, 1.165) is 43.9 Å². The highest BCUT2D eigenvalue weighted by Crippen LogP contribution is 2.18. The average Bonchev–Trinajstić information content (AvgIpc) is 3.13. The van der Waals surface area contributed by atoms with Crippen molar-refractivity contribution in [1.29, 1.82) is 0 Å². The second-order valence-electron chi connectivity index (χ2n) is 6.98. The lowest BCUT2D eigenvalue weighted by atomic mass is 10.1. The van der Waals surface area contributed by atoms with Crippen LogP contribution in [0.3, 0.4) is 0 Å². The van der Waals surface area contributed by atoms with Crippen LogP contribution in [-0.4, -0.2) is 31.7 Å². The molecule has 1 aliphatic rings. The first-order valence-electron chi connectivity index (χ1n) is 9.30. The Kier molecular flexibility index (Phi) is 4.75. The van der Waals surface area contributed by atoms with Gasteiger partial charge in [0.15, 0.2) is 11.6 Å². The van der Waals surface area contributed by atoms with Crippen LogP contribution in [0.1, 0.15) is 52.2 Å². The van der Waals surface area contributed by atoms with Gasteiger partial charge in [-0.15, -0.1) is 10.2 Å². The lowest BCUT2D eigenvalue weighted by molar-refractivity contribution is 0.0927. The van der Waals surface area contributed by atoms with Crippen LogP contribution >= 0.6 is 0 Å². The third-order valence-corrected chi connectivity index (χ3v) is 4.98. The van der Waals surface area contributed by atoms with Crippen LogP contribution in [0.4, 0.5) is 0 Å². The number of oxazole rings is 1.